The summed E-state index contributed by atoms with van der Waals surface area (Å²) in [4.78, 5) is 18.6. The second kappa shape index (κ2) is 5.53. The van der Waals surface area contributed by atoms with Crippen molar-refractivity contribution >= 4 is 6.03 Å². The number of carbonyl (C=O) groups is 1. The van der Waals surface area contributed by atoms with Crippen LogP contribution in [0.1, 0.15) is 31.5 Å². The number of hydrogen-bond donors (Lipinski definition) is 3. The van der Waals surface area contributed by atoms with Gasteiger partial charge in [-0.05, 0) is 12.8 Å². The first-order chi connectivity index (χ1) is 7.84. The third-order valence-electron chi connectivity index (χ3n) is 2.89. The highest BCUT2D eigenvalue weighted by Gasteiger charge is 2.16. The van der Waals surface area contributed by atoms with Gasteiger partial charge in [-0.25, -0.2) is 9.78 Å². The van der Waals surface area contributed by atoms with Crippen LogP contribution in [0, 0.1) is 0 Å². The van der Waals surface area contributed by atoms with Gasteiger partial charge in [0.15, 0.2) is 0 Å². The van der Waals surface area contributed by atoms with E-state index in [-0.39, 0.29) is 6.03 Å². The predicted molar refractivity (Wildman–Crippen MR) is 61.1 cm³/mol. The molecule has 1 aromatic heterocycles. The molecule has 16 heavy (non-hydrogen) atoms. The molecule has 1 saturated carbocycles. The lowest BCUT2D eigenvalue weighted by Gasteiger charge is -2.12. The fourth-order valence-corrected chi connectivity index (χ4v) is 2.04. The van der Waals surface area contributed by atoms with Gasteiger partial charge in [-0.15, -0.1) is 0 Å². The van der Waals surface area contributed by atoms with Crippen LogP contribution in [0.25, 0.3) is 0 Å². The molecule has 0 atom stereocenters. The Bertz CT molecular complexity index is 317. The fourth-order valence-electron chi connectivity index (χ4n) is 2.04. The van der Waals surface area contributed by atoms with E-state index in [9.17, 15) is 4.79 Å². The Kier molecular flexibility index (Phi) is 3.80. The highest BCUT2D eigenvalue weighted by Crippen LogP contribution is 2.17. The molecule has 0 aromatic carbocycles. The Labute approximate surface area is 95.0 Å². The molecule has 0 unspecified atom stereocenters. The molecular weight excluding hydrogens is 204 g/mol. The number of nitrogens with one attached hydrogen (secondary N) is 3. The van der Waals surface area contributed by atoms with E-state index in [0.29, 0.717) is 12.6 Å². The van der Waals surface area contributed by atoms with E-state index < -0.39 is 0 Å². The minimum absolute atomic E-state index is 0.0570. The van der Waals surface area contributed by atoms with Crippen LogP contribution < -0.4 is 10.6 Å². The average Bonchev–Trinajstić information content (AvgIpc) is 2.90. The van der Waals surface area contributed by atoms with Crippen molar-refractivity contribution in [1.29, 1.82) is 0 Å². The molecule has 0 radical (unpaired) electrons. The van der Waals surface area contributed by atoms with Gasteiger partial charge in [0.05, 0.1) is 0 Å². The van der Waals surface area contributed by atoms with Crippen molar-refractivity contribution in [2.24, 2.45) is 0 Å². The lowest BCUT2D eigenvalue weighted by Crippen LogP contribution is -2.41. The Morgan fingerprint density at radius 2 is 2.31 bits per heavy atom. The van der Waals surface area contributed by atoms with Crippen LogP contribution in [-0.2, 0) is 6.42 Å². The summed E-state index contributed by atoms with van der Waals surface area (Å²) < 4.78 is 0. The molecular formula is C11H18N4O. The van der Waals surface area contributed by atoms with Gasteiger partial charge in [-0.2, -0.15) is 0 Å². The first-order valence-electron chi connectivity index (χ1n) is 5.87. The van der Waals surface area contributed by atoms with Crippen LogP contribution in [0.3, 0.4) is 0 Å². The summed E-state index contributed by atoms with van der Waals surface area (Å²) in [6, 6.07) is 0.321. The van der Waals surface area contributed by atoms with Crippen molar-refractivity contribution in [3.8, 4) is 0 Å². The molecule has 3 N–H and O–H groups in total. The Morgan fingerprint density at radius 3 is 3.00 bits per heavy atom. The van der Waals surface area contributed by atoms with Crippen LogP contribution >= 0.6 is 0 Å². The second-order valence-electron chi connectivity index (χ2n) is 4.17. The number of urea groups is 1. The molecule has 1 fully saturated rings. The fraction of sp³-hybridized carbons (Fsp3) is 0.636. The van der Waals surface area contributed by atoms with Crippen molar-refractivity contribution in [1.82, 2.24) is 20.6 Å². The van der Waals surface area contributed by atoms with Gasteiger partial charge < -0.3 is 15.6 Å². The predicted octanol–water partition coefficient (Wildman–Crippen LogP) is 1.19. The van der Waals surface area contributed by atoms with Crippen molar-refractivity contribution < 1.29 is 4.79 Å². The van der Waals surface area contributed by atoms with Crippen molar-refractivity contribution in [2.75, 3.05) is 6.54 Å². The highest BCUT2D eigenvalue weighted by atomic mass is 16.2. The Balaban J connectivity index is 1.60. The van der Waals surface area contributed by atoms with Gasteiger partial charge in [0, 0.05) is 31.4 Å². The summed E-state index contributed by atoms with van der Waals surface area (Å²) in [5.41, 5.74) is 0. The molecule has 0 saturated heterocycles. The van der Waals surface area contributed by atoms with E-state index in [1.165, 1.54) is 12.8 Å². The van der Waals surface area contributed by atoms with E-state index in [4.69, 9.17) is 0 Å². The number of imidazole rings is 1. The zero-order valence-corrected chi connectivity index (χ0v) is 9.33. The van der Waals surface area contributed by atoms with Crippen LogP contribution in [0.4, 0.5) is 4.79 Å². The SMILES string of the molecule is O=C(NCCc1ncc[nH]1)NC1CCCC1. The van der Waals surface area contributed by atoms with Crippen molar-refractivity contribution in [2.45, 2.75) is 38.1 Å². The molecule has 1 aliphatic carbocycles. The summed E-state index contributed by atoms with van der Waals surface area (Å²) in [5, 5.41) is 5.82. The maximum atomic E-state index is 11.5. The first-order valence-corrected chi connectivity index (χ1v) is 5.87. The van der Waals surface area contributed by atoms with E-state index in [0.717, 1.165) is 25.1 Å². The number of rotatable bonds is 4. The van der Waals surface area contributed by atoms with Gasteiger partial charge in [0.25, 0.3) is 0 Å². The lowest BCUT2D eigenvalue weighted by molar-refractivity contribution is 0.237. The van der Waals surface area contributed by atoms with E-state index in [1.807, 2.05) is 0 Å². The number of hydrogen-bond acceptors (Lipinski definition) is 2. The molecule has 5 heteroatoms. The molecule has 88 valence electrons. The maximum absolute atomic E-state index is 11.5. The van der Waals surface area contributed by atoms with Gasteiger partial charge >= 0.3 is 6.03 Å². The number of aromatic nitrogens is 2. The number of aromatic amines is 1. The third kappa shape index (κ3) is 3.25. The molecule has 0 spiro atoms. The molecule has 1 aliphatic rings. The minimum Gasteiger partial charge on any atom is -0.349 e. The summed E-state index contributed by atoms with van der Waals surface area (Å²) in [7, 11) is 0. The Hall–Kier alpha value is -1.52. The Morgan fingerprint density at radius 1 is 1.50 bits per heavy atom. The van der Waals surface area contributed by atoms with Crippen LogP contribution in [0.5, 0.6) is 0 Å². The molecule has 5 nitrogen and oxygen atoms in total. The summed E-state index contributed by atoms with van der Waals surface area (Å²) in [6.07, 6.45) is 8.94. The van der Waals surface area contributed by atoms with E-state index >= 15 is 0 Å². The number of amides is 2. The largest absolute Gasteiger partial charge is 0.349 e. The molecule has 0 bridgehead atoms. The second-order valence-corrected chi connectivity index (χ2v) is 4.17. The van der Waals surface area contributed by atoms with Gasteiger partial charge in [-0.3, -0.25) is 0 Å². The summed E-state index contributed by atoms with van der Waals surface area (Å²) >= 11 is 0. The average molecular weight is 222 g/mol. The van der Waals surface area contributed by atoms with Crippen LogP contribution in [0.2, 0.25) is 0 Å². The zero-order valence-electron chi connectivity index (χ0n) is 9.33. The van der Waals surface area contributed by atoms with Gasteiger partial charge in [-0.1, -0.05) is 12.8 Å². The first kappa shape index (κ1) is 11.0. The normalized spacial score (nSPS) is 16.2. The highest BCUT2D eigenvalue weighted by molar-refractivity contribution is 5.74. The third-order valence-corrected chi connectivity index (χ3v) is 2.89. The molecule has 2 amide bonds. The van der Waals surface area contributed by atoms with Crippen molar-refractivity contribution in [3.05, 3.63) is 18.2 Å². The lowest BCUT2D eigenvalue weighted by atomic mass is 10.2. The van der Waals surface area contributed by atoms with E-state index in [1.54, 1.807) is 12.4 Å². The van der Waals surface area contributed by atoms with Gasteiger partial charge in [0.2, 0.25) is 0 Å². The molecule has 1 heterocycles. The quantitative estimate of drug-likeness (QED) is 0.716. The molecule has 2 rings (SSSR count). The van der Waals surface area contributed by atoms with E-state index in [2.05, 4.69) is 20.6 Å². The number of nitrogens with zero attached hydrogens (tertiary/aromatic N) is 1. The van der Waals surface area contributed by atoms with Crippen LogP contribution in [0.15, 0.2) is 12.4 Å². The minimum atomic E-state index is -0.0570. The topological polar surface area (TPSA) is 69.8 Å². The summed E-state index contributed by atoms with van der Waals surface area (Å²) in [5.74, 6) is 0.904. The summed E-state index contributed by atoms with van der Waals surface area (Å²) in [6.45, 7) is 0.617. The van der Waals surface area contributed by atoms with Gasteiger partial charge in [0.1, 0.15) is 5.82 Å². The van der Waals surface area contributed by atoms with Crippen LogP contribution in [-0.4, -0.2) is 28.6 Å². The number of H-pyrrole nitrogens is 1. The molecule has 0 aliphatic heterocycles. The maximum Gasteiger partial charge on any atom is 0.315 e. The molecule has 1 aromatic rings. The zero-order chi connectivity index (χ0) is 11.2. The number of carbonyl (C=O) groups excluding carboxylic acids is 1. The standard InChI is InChI=1S/C11H18N4O/c16-11(15-9-3-1-2-4-9)14-6-5-10-12-7-8-13-10/h7-9H,1-6H2,(H,12,13)(H2,14,15,16). The smallest absolute Gasteiger partial charge is 0.315 e. The monoisotopic (exact) mass is 222 g/mol. The van der Waals surface area contributed by atoms with Crippen molar-refractivity contribution in [3.63, 3.8) is 0 Å².